The summed E-state index contributed by atoms with van der Waals surface area (Å²) in [5, 5.41) is 1.91. The van der Waals surface area contributed by atoms with Gasteiger partial charge in [0.15, 0.2) is 5.01 Å². The highest BCUT2D eigenvalue weighted by molar-refractivity contribution is 7.11. The average Bonchev–Trinajstić information content (AvgIpc) is 2.92. The molecule has 0 aromatic carbocycles. The molecular formula is C11H15N5O3S. The number of nitrogens with two attached hydrogens (primary N) is 1. The molecule has 2 heterocycles. The van der Waals surface area contributed by atoms with Gasteiger partial charge < -0.3 is 9.80 Å². The van der Waals surface area contributed by atoms with E-state index in [4.69, 9.17) is 5.84 Å². The molecule has 1 saturated heterocycles. The second kappa shape index (κ2) is 5.97. The van der Waals surface area contributed by atoms with Crippen LogP contribution in [-0.2, 0) is 16.1 Å². The first kappa shape index (κ1) is 14.4. The third-order valence-corrected chi connectivity index (χ3v) is 3.90. The maximum atomic E-state index is 11.9. The number of nitrogens with one attached hydrogen (secondary N) is 1. The summed E-state index contributed by atoms with van der Waals surface area (Å²) >= 11 is 1.14. The Morgan fingerprint density at radius 2 is 2.05 bits per heavy atom. The van der Waals surface area contributed by atoms with Gasteiger partial charge in [-0.2, -0.15) is 0 Å². The van der Waals surface area contributed by atoms with Crippen molar-refractivity contribution in [2.45, 2.75) is 13.5 Å². The number of hydrazine groups is 1. The van der Waals surface area contributed by atoms with Crippen LogP contribution in [0, 0.1) is 0 Å². The number of likely N-dealkylation sites (N-methyl/N-ethyl adjacent to an activating group) is 1. The number of hydrogen-bond acceptors (Lipinski definition) is 6. The first-order valence-corrected chi connectivity index (χ1v) is 6.98. The minimum Gasteiger partial charge on any atom is -0.333 e. The molecule has 9 heteroatoms. The minimum absolute atomic E-state index is 0.219. The molecule has 20 heavy (non-hydrogen) atoms. The number of nitrogens with zero attached hydrogens (tertiary/aromatic N) is 3. The summed E-state index contributed by atoms with van der Waals surface area (Å²) in [5.41, 5.74) is 2.56. The van der Waals surface area contributed by atoms with E-state index in [1.807, 2.05) is 12.3 Å². The van der Waals surface area contributed by atoms with Gasteiger partial charge in [0.05, 0.1) is 12.2 Å². The maximum Gasteiger partial charge on any atom is 0.312 e. The van der Waals surface area contributed by atoms with Crippen LogP contribution in [0.5, 0.6) is 0 Å². The summed E-state index contributed by atoms with van der Waals surface area (Å²) in [6.45, 7) is 3.56. The molecule has 0 aliphatic carbocycles. The highest BCUT2D eigenvalue weighted by Gasteiger charge is 2.31. The third kappa shape index (κ3) is 2.78. The molecule has 108 valence electrons. The number of hydrogen-bond donors (Lipinski definition) is 2. The van der Waals surface area contributed by atoms with Crippen LogP contribution >= 0.6 is 11.3 Å². The molecular weight excluding hydrogens is 282 g/mol. The van der Waals surface area contributed by atoms with Gasteiger partial charge in [0.2, 0.25) is 0 Å². The standard InChI is InChI=1S/C11H15N5O3S/c1-2-15-3-4-16(11(19)10(15)18)5-7-6-20-9(13-7)8(17)14-12/h6H,2-5,12H2,1H3,(H,14,17). The van der Waals surface area contributed by atoms with Crippen molar-refractivity contribution in [2.75, 3.05) is 19.6 Å². The highest BCUT2D eigenvalue weighted by Crippen LogP contribution is 2.14. The van der Waals surface area contributed by atoms with Crippen LogP contribution in [0.1, 0.15) is 22.4 Å². The SMILES string of the molecule is CCN1CCN(Cc2csc(C(=O)NN)n2)C(=O)C1=O. The van der Waals surface area contributed by atoms with E-state index in [2.05, 4.69) is 4.98 Å². The molecule has 0 saturated carbocycles. The van der Waals surface area contributed by atoms with Crippen molar-refractivity contribution >= 4 is 29.1 Å². The van der Waals surface area contributed by atoms with Gasteiger partial charge in [0.1, 0.15) is 0 Å². The molecule has 0 unspecified atom stereocenters. The van der Waals surface area contributed by atoms with E-state index in [1.54, 1.807) is 5.38 Å². The van der Waals surface area contributed by atoms with E-state index < -0.39 is 17.7 Å². The van der Waals surface area contributed by atoms with Gasteiger partial charge in [-0.1, -0.05) is 0 Å². The lowest BCUT2D eigenvalue weighted by molar-refractivity contribution is -0.156. The average molecular weight is 297 g/mol. The predicted octanol–water partition coefficient (Wildman–Crippen LogP) is -1.06. The second-order valence-electron chi connectivity index (χ2n) is 4.23. The Hall–Kier alpha value is -2.00. The summed E-state index contributed by atoms with van der Waals surface area (Å²) < 4.78 is 0. The number of rotatable bonds is 4. The monoisotopic (exact) mass is 297 g/mol. The van der Waals surface area contributed by atoms with E-state index >= 15 is 0 Å². The highest BCUT2D eigenvalue weighted by atomic mass is 32.1. The number of aromatic nitrogens is 1. The topological polar surface area (TPSA) is 109 Å². The molecule has 3 N–H and O–H groups in total. The Kier molecular flexibility index (Phi) is 4.30. The predicted molar refractivity (Wildman–Crippen MR) is 71.4 cm³/mol. The van der Waals surface area contributed by atoms with E-state index in [0.29, 0.717) is 25.3 Å². The molecule has 0 spiro atoms. The lowest BCUT2D eigenvalue weighted by Crippen LogP contribution is -2.53. The van der Waals surface area contributed by atoms with Gasteiger partial charge in [-0.3, -0.25) is 19.8 Å². The number of carbonyl (C=O) groups is 3. The third-order valence-electron chi connectivity index (χ3n) is 3.01. The fourth-order valence-electron chi connectivity index (χ4n) is 1.91. The van der Waals surface area contributed by atoms with Crippen molar-refractivity contribution in [3.8, 4) is 0 Å². The fourth-order valence-corrected chi connectivity index (χ4v) is 2.62. The van der Waals surface area contributed by atoms with E-state index in [-0.39, 0.29) is 11.6 Å². The van der Waals surface area contributed by atoms with Crippen LogP contribution in [0.4, 0.5) is 0 Å². The molecule has 8 nitrogen and oxygen atoms in total. The number of amides is 3. The summed E-state index contributed by atoms with van der Waals surface area (Å²) in [5.74, 6) is 3.52. The Morgan fingerprint density at radius 3 is 2.70 bits per heavy atom. The zero-order valence-electron chi connectivity index (χ0n) is 11.0. The zero-order valence-corrected chi connectivity index (χ0v) is 11.8. The van der Waals surface area contributed by atoms with E-state index in [0.717, 1.165) is 11.3 Å². The van der Waals surface area contributed by atoms with E-state index in [1.165, 1.54) is 9.80 Å². The molecule has 1 aromatic rings. The minimum atomic E-state index is -0.532. The van der Waals surface area contributed by atoms with Crippen molar-refractivity contribution in [1.82, 2.24) is 20.2 Å². The number of carbonyl (C=O) groups excluding carboxylic acids is 3. The molecule has 3 amide bonds. The van der Waals surface area contributed by atoms with Gasteiger partial charge in [-0.25, -0.2) is 10.8 Å². The molecule has 0 bridgehead atoms. The Morgan fingerprint density at radius 1 is 1.40 bits per heavy atom. The van der Waals surface area contributed by atoms with Crippen molar-refractivity contribution in [1.29, 1.82) is 0 Å². The summed E-state index contributed by atoms with van der Waals surface area (Å²) in [6.07, 6.45) is 0. The second-order valence-corrected chi connectivity index (χ2v) is 5.09. The molecule has 1 aromatic heterocycles. The summed E-state index contributed by atoms with van der Waals surface area (Å²) in [4.78, 5) is 42.0. The quantitative estimate of drug-likeness (QED) is 0.319. The lowest BCUT2D eigenvalue weighted by Gasteiger charge is -2.32. The van der Waals surface area contributed by atoms with Gasteiger partial charge in [-0.05, 0) is 6.92 Å². The van der Waals surface area contributed by atoms with E-state index in [9.17, 15) is 14.4 Å². The van der Waals surface area contributed by atoms with Crippen molar-refractivity contribution in [3.05, 3.63) is 16.1 Å². The van der Waals surface area contributed by atoms with Crippen LogP contribution in [-0.4, -0.2) is 52.1 Å². The first-order chi connectivity index (χ1) is 9.56. The Bertz CT molecular complexity index is 544. The first-order valence-electron chi connectivity index (χ1n) is 6.10. The Balaban J connectivity index is 2.03. The van der Waals surface area contributed by atoms with Crippen LogP contribution in [0.25, 0.3) is 0 Å². The molecule has 0 radical (unpaired) electrons. The van der Waals surface area contributed by atoms with Gasteiger partial charge in [-0.15, -0.1) is 11.3 Å². The molecule has 2 rings (SSSR count). The van der Waals surface area contributed by atoms with Crippen LogP contribution in [0.15, 0.2) is 5.38 Å². The van der Waals surface area contributed by atoms with Gasteiger partial charge in [0, 0.05) is 25.0 Å². The van der Waals surface area contributed by atoms with Crippen LogP contribution in [0.3, 0.4) is 0 Å². The van der Waals surface area contributed by atoms with Crippen molar-refractivity contribution < 1.29 is 14.4 Å². The Labute approximate surface area is 119 Å². The summed E-state index contributed by atoms with van der Waals surface area (Å²) in [6, 6.07) is 0. The molecule has 1 fully saturated rings. The fraction of sp³-hybridized carbons (Fsp3) is 0.455. The van der Waals surface area contributed by atoms with Gasteiger partial charge >= 0.3 is 11.8 Å². The number of nitrogen functional groups attached to an aromatic ring is 1. The summed E-state index contributed by atoms with van der Waals surface area (Å²) in [7, 11) is 0. The number of piperazine rings is 1. The van der Waals surface area contributed by atoms with Gasteiger partial charge in [0.25, 0.3) is 5.91 Å². The molecule has 0 atom stereocenters. The lowest BCUT2D eigenvalue weighted by atomic mass is 10.2. The number of thiazole rings is 1. The van der Waals surface area contributed by atoms with Crippen molar-refractivity contribution in [2.24, 2.45) is 5.84 Å². The maximum absolute atomic E-state index is 11.9. The van der Waals surface area contributed by atoms with Crippen molar-refractivity contribution in [3.63, 3.8) is 0 Å². The molecule has 1 aliphatic heterocycles. The van der Waals surface area contributed by atoms with Crippen LogP contribution < -0.4 is 11.3 Å². The van der Waals surface area contributed by atoms with Crippen LogP contribution in [0.2, 0.25) is 0 Å². The zero-order chi connectivity index (χ0) is 14.7. The smallest absolute Gasteiger partial charge is 0.312 e. The molecule has 1 aliphatic rings. The largest absolute Gasteiger partial charge is 0.333 e. The normalized spacial score (nSPS) is 15.7.